The van der Waals surface area contributed by atoms with E-state index in [1.807, 2.05) is 12.1 Å². The molecule has 114 valence electrons. The van der Waals surface area contributed by atoms with E-state index in [-0.39, 0.29) is 18.0 Å². The Hall–Kier alpha value is -1.13. The normalized spacial score (nSPS) is 11.6. The fourth-order valence-corrected chi connectivity index (χ4v) is 4.32. The van der Waals surface area contributed by atoms with Gasteiger partial charge in [0.2, 0.25) is 0 Å². The van der Waals surface area contributed by atoms with E-state index >= 15 is 0 Å². The molecular weight excluding hydrogens is 405 g/mol. The molecule has 6 nitrogen and oxygen atoms in total. The van der Waals surface area contributed by atoms with Gasteiger partial charge in [-0.05, 0) is 48.6 Å². The summed E-state index contributed by atoms with van der Waals surface area (Å²) in [4.78, 5) is 0.163. The standard InChI is InChI=1S/C13H16IN3O3S/c1-9-13(10(2)17(15-9)7-8-18)21(19,20)16-12-6-4-3-5-11(12)14/h3-6,16,18H,7-8H2,1-2H3. The first kappa shape index (κ1) is 16.2. The molecule has 0 spiro atoms. The number of hydrogen-bond donors (Lipinski definition) is 2. The predicted octanol–water partition coefficient (Wildman–Crippen LogP) is 1.90. The molecule has 0 fully saturated rings. The molecule has 21 heavy (non-hydrogen) atoms. The van der Waals surface area contributed by atoms with Crippen molar-refractivity contribution in [3.05, 3.63) is 39.2 Å². The lowest BCUT2D eigenvalue weighted by Gasteiger charge is -2.10. The molecular formula is C13H16IN3O3S. The van der Waals surface area contributed by atoms with E-state index in [4.69, 9.17) is 5.11 Å². The minimum Gasteiger partial charge on any atom is -0.394 e. The number of nitrogens with zero attached hydrogens (tertiary/aromatic N) is 2. The highest BCUT2D eigenvalue weighted by molar-refractivity contribution is 14.1. The maximum Gasteiger partial charge on any atom is 0.265 e. The Morgan fingerprint density at radius 2 is 2.00 bits per heavy atom. The molecule has 1 aromatic carbocycles. The second kappa shape index (κ2) is 6.32. The number of nitrogens with one attached hydrogen (secondary N) is 1. The van der Waals surface area contributed by atoms with Crippen LogP contribution in [0.3, 0.4) is 0 Å². The van der Waals surface area contributed by atoms with E-state index in [9.17, 15) is 8.42 Å². The van der Waals surface area contributed by atoms with Crippen molar-refractivity contribution in [2.75, 3.05) is 11.3 Å². The van der Waals surface area contributed by atoms with Crippen molar-refractivity contribution >= 4 is 38.3 Å². The van der Waals surface area contributed by atoms with Gasteiger partial charge in [-0.15, -0.1) is 0 Å². The zero-order valence-electron chi connectivity index (χ0n) is 11.7. The summed E-state index contributed by atoms with van der Waals surface area (Å²) >= 11 is 2.07. The second-order valence-electron chi connectivity index (χ2n) is 4.53. The van der Waals surface area contributed by atoms with Crippen LogP contribution in [0.5, 0.6) is 0 Å². The number of benzene rings is 1. The quantitative estimate of drug-likeness (QED) is 0.723. The topological polar surface area (TPSA) is 84.2 Å². The van der Waals surface area contributed by atoms with Crippen LogP contribution in [-0.2, 0) is 16.6 Å². The number of para-hydroxylation sites is 1. The smallest absolute Gasteiger partial charge is 0.265 e. The van der Waals surface area contributed by atoms with Crippen molar-refractivity contribution < 1.29 is 13.5 Å². The minimum atomic E-state index is -3.71. The van der Waals surface area contributed by atoms with E-state index in [1.165, 1.54) is 4.68 Å². The largest absolute Gasteiger partial charge is 0.394 e. The van der Waals surface area contributed by atoms with Crippen molar-refractivity contribution in [2.24, 2.45) is 0 Å². The molecule has 1 aromatic heterocycles. The Morgan fingerprint density at radius 3 is 2.62 bits per heavy atom. The average molecular weight is 421 g/mol. The number of aromatic nitrogens is 2. The highest BCUT2D eigenvalue weighted by Gasteiger charge is 2.25. The highest BCUT2D eigenvalue weighted by Crippen LogP contribution is 2.25. The molecule has 2 N–H and O–H groups in total. The summed E-state index contributed by atoms with van der Waals surface area (Å²) in [5.41, 5.74) is 1.46. The summed E-state index contributed by atoms with van der Waals surface area (Å²) < 4.78 is 30.1. The summed E-state index contributed by atoms with van der Waals surface area (Å²) in [6.45, 7) is 3.50. The molecule has 2 rings (SSSR count). The Bertz CT molecular complexity index is 756. The lowest BCUT2D eigenvalue weighted by Crippen LogP contribution is -2.16. The molecule has 2 aromatic rings. The number of aliphatic hydroxyl groups is 1. The van der Waals surface area contributed by atoms with Crippen molar-refractivity contribution in [1.29, 1.82) is 0 Å². The number of rotatable bonds is 5. The third-order valence-corrected chi connectivity index (χ3v) is 5.57. The monoisotopic (exact) mass is 421 g/mol. The molecule has 8 heteroatoms. The van der Waals surface area contributed by atoms with Crippen LogP contribution in [0.1, 0.15) is 11.4 Å². The number of halogens is 1. The van der Waals surface area contributed by atoms with Crippen molar-refractivity contribution in [3.63, 3.8) is 0 Å². The summed E-state index contributed by atoms with van der Waals surface area (Å²) in [5, 5.41) is 13.2. The van der Waals surface area contributed by atoms with Crippen LogP contribution in [0.2, 0.25) is 0 Å². The van der Waals surface area contributed by atoms with Gasteiger partial charge in [0.1, 0.15) is 4.90 Å². The third-order valence-electron chi connectivity index (χ3n) is 3.01. The van der Waals surface area contributed by atoms with E-state index in [0.717, 1.165) is 3.57 Å². The Labute approximate surface area is 137 Å². The van der Waals surface area contributed by atoms with Gasteiger partial charge in [-0.1, -0.05) is 12.1 Å². The van der Waals surface area contributed by atoms with Crippen LogP contribution >= 0.6 is 22.6 Å². The Kier molecular flexibility index (Phi) is 4.89. The molecule has 0 radical (unpaired) electrons. The highest BCUT2D eigenvalue weighted by atomic mass is 127. The summed E-state index contributed by atoms with van der Waals surface area (Å²) in [7, 11) is -3.71. The fourth-order valence-electron chi connectivity index (χ4n) is 2.12. The van der Waals surface area contributed by atoms with Crippen molar-refractivity contribution in [1.82, 2.24) is 9.78 Å². The summed E-state index contributed by atoms with van der Waals surface area (Å²) in [6.07, 6.45) is 0. The van der Waals surface area contributed by atoms with Crippen LogP contribution in [0.15, 0.2) is 29.2 Å². The predicted molar refractivity (Wildman–Crippen MR) is 88.8 cm³/mol. The first-order valence-corrected chi connectivity index (χ1v) is 8.85. The zero-order chi connectivity index (χ0) is 15.6. The van der Waals surface area contributed by atoms with Gasteiger partial charge in [-0.3, -0.25) is 9.40 Å². The van der Waals surface area contributed by atoms with E-state index in [0.29, 0.717) is 17.1 Å². The molecule has 0 aliphatic heterocycles. The van der Waals surface area contributed by atoms with Crippen LogP contribution in [0.4, 0.5) is 5.69 Å². The lowest BCUT2D eigenvalue weighted by atomic mass is 10.3. The molecule has 0 saturated carbocycles. The molecule has 0 unspecified atom stereocenters. The van der Waals surface area contributed by atoms with Crippen LogP contribution < -0.4 is 4.72 Å². The number of aliphatic hydroxyl groups excluding tert-OH is 1. The van der Waals surface area contributed by atoms with E-state index in [2.05, 4.69) is 32.4 Å². The van der Waals surface area contributed by atoms with Gasteiger partial charge in [0, 0.05) is 3.57 Å². The van der Waals surface area contributed by atoms with E-state index in [1.54, 1.807) is 26.0 Å². The average Bonchev–Trinajstić information content (AvgIpc) is 2.68. The first-order valence-electron chi connectivity index (χ1n) is 6.29. The first-order chi connectivity index (χ1) is 9.86. The number of anilines is 1. The number of hydrogen-bond acceptors (Lipinski definition) is 4. The molecule has 1 heterocycles. The van der Waals surface area contributed by atoms with Gasteiger partial charge in [-0.25, -0.2) is 8.42 Å². The lowest BCUT2D eigenvalue weighted by molar-refractivity contribution is 0.267. The maximum atomic E-state index is 12.6. The van der Waals surface area contributed by atoms with Gasteiger partial charge in [0.15, 0.2) is 0 Å². The minimum absolute atomic E-state index is 0.0918. The molecule has 0 bridgehead atoms. The van der Waals surface area contributed by atoms with Gasteiger partial charge in [0.05, 0.1) is 30.2 Å². The van der Waals surface area contributed by atoms with Gasteiger partial charge < -0.3 is 5.11 Å². The molecule has 0 aliphatic carbocycles. The SMILES string of the molecule is Cc1nn(CCO)c(C)c1S(=O)(=O)Nc1ccccc1I. The number of sulfonamides is 1. The van der Waals surface area contributed by atoms with Crippen LogP contribution in [0, 0.1) is 17.4 Å². The fraction of sp³-hybridized carbons (Fsp3) is 0.308. The molecule has 0 atom stereocenters. The van der Waals surface area contributed by atoms with Crippen molar-refractivity contribution in [3.8, 4) is 0 Å². The second-order valence-corrected chi connectivity index (χ2v) is 7.31. The van der Waals surface area contributed by atoms with Gasteiger partial charge in [-0.2, -0.15) is 5.10 Å². The van der Waals surface area contributed by atoms with Crippen LogP contribution in [-0.4, -0.2) is 29.9 Å². The molecule has 0 aliphatic rings. The third kappa shape index (κ3) is 3.38. The Balaban J connectivity index is 2.43. The summed E-state index contributed by atoms with van der Waals surface area (Å²) in [5.74, 6) is 0. The number of aryl methyl sites for hydroxylation is 1. The maximum absolute atomic E-state index is 12.6. The zero-order valence-corrected chi connectivity index (χ0v) is 14.6. The molecule has 0 saturated heterocycles. The summed E-state index contributed by atoms with van der Waals surface area (Å²) in [6, 6.07) is 7.15. The molecule has 0 amide bonds. The van der Waals surface area contributed by atoms with E-state index < -0.39 is 10.0 Å². The Morgan fingerprint density at radius 1 is 1.33 bits per heavy atom. The van der Waals surface area contributed by atoms with Gasteiger partial charge in [0.25, 0.3) is 10.0 Å². The van der Waals surface area contributed by atoms with Gasteiger partial charge >= 0.3 is 0 Å². The van der Waals surface area contributed by atoms with Crippen molar-refractivity contribution in [2.45, 2.75) is 25.3 Å². The van der Waals surface area contributed by atoms with Crippen LogP contribution in [0.25, 0.3) is 0 Å².